The van der Waals surface area contributed by atoms with Crippen LogP contribution in [0.2, 0.25) is 0 Å². The van der Waals surface area contributed by atoms with E-state index in [9.17, 15) is 15.8 Å². The molecule has 8 rings (SSSR count). The Morgan fingerprint density at radius 1 is 0.705 bits per heavy atom. The van der Waals surface area contributed by atoms with Crippen molar-refractivity contribution < 1.29 is 0 Å². The summed E-state index contributed by atoms with van der Waals surface area (Å²) in [4.78, 5) is 6.22. The smallest absolute Gasteiger partial charge is 0.226 e. The first-order valence-corrected chi connectivity index (χ1v) is 18.4. The van der Waals surface area contributed by atoms with Crippen molar-refractivity contribution in [3.63, 3.8) is 0 Å². The molecule has 0 radical (unpaired) electrons. The quantitative estimate of drug-likeness (QED) is 0.161. The second-order valence-electron chi connectivity index (χ2n) is 12.1. The van der Waals surface area contributed by atoms with Crippen LogP contribution in [0.3, 0.4) is 0 Å². The van der Waals surface area contributed by atoms with Gasteiger partial charge in [0.05, 0.1) is 36.1 Å². The fourth-order valence-electron chi connectivity index (χ4n) is 7.86. The van der Waals surface area contributed by atoms with E-state index in [-0.39, 0.29) is 16.7 Å². The van der Waals surface area contributed by atoms with Crippen molar-refractivity contribution in [2.45, 2.75) is 76.0 Å². The van der Waals surface area contributed by atoms with Crippen LogP contribution in [0, 0.1) is 40.6 Å². The van der Waals surface area contributed by atoms with E-state index >= 15 is 0 Å². The van der Waals surface area contributed by atoms with Crippen LogP contribution in [0.15, 0.2) is 51.8 Å². The number of rotatable bonds is 2. The van der Waals surface area contributed by atoms with Crippen molar-refractivity contribution in [1.82, 2.24) is 0 Å². The van der Waals surface area contributed by atoms with E-state index in [1.54, 1.807) is 5.56 Å². The predicted molar refractivity (Wildman–Crippen MR) is 184 cm³/mol. The molecule has 4 aliphatic rings. The molecule has 0 amide bonds. The maximum Gasteiger partial charge on any atom is 0.265 e. The fraction of sp³-hybridized carbons (Fsp3) is 0.333. The van der Waals surface area contributed by atoms with Gasteiger partial charge < -0.3 is 0 Å². The maximum absolute atomic E-state index is 9.56. The normalized spacial score (nSPS) is 20.5. The van der Waals surface area contributed by atoms with Crippen LogP contribution in [0.25, 0.3) is 44.7 Å². The number of hydrogen-bond donors (Lipinski definition) is 0. The highest BCUT2D eigenvalue weighted by atomic mass is 32.1. The Morgan fingerprint density at radius 3 is 2.16 bits per heavy atom. The molecule has 1 fully saturated rings. The molecule has 214 valence electrons. The molecule has 0 saturated heterocycles. The Bertz CT molecular complexity index is 2220. The molecule has 44 heavy (non-hydrogen) atoms. The minimum Gasteiger partial charge on any atom is -0.226 e. The van der Waals surface area contributed by atoms with Crippen LogP contribution in [-0.4, -0.2) is 0 Å². The van der Waals surface area contributed by atoms with Gasteiger partial charge in [-0.25, -0.2) is 10.1 Å². The monoisotopic (exact) mass is 642 g/mol. The largest absolute Gasteiger partial charge is 0.265 e. The maximum atomic E-state index is 9.56. The lowest BCUT2D eigenvalue weighted by Gasteiger charge is -2.39. The lowest BCUT2D eigenvalue weighted by molar-refractivity contribution is 0.349. The van der Waals surface area contributed by atoms with Crippen molar-refractivity contribution in [2.24, 2.45) is 0 Å². The van der Waals surface area contributed by atoms with Crippen molar-refractivity contribution in [3.05, 3.63) is 78.5 Å². The number of nitrogens with zero attached hydrogens (tertiary/aromatic N) is 4. The van der Waals surface area contributed by atoms with Gasteiger partial charge in [-0.1, -0.05) is 31.4 Å². The number of nitriles is 3. The molecular weight excluding hydrogens is 617 g/mol. The summed E-state index contributed by atoms with van der Waals surface area (Å²) in [6, 6.07) is 8.63. The molecule has 1 saturated carbocycles. The van der Waals surface area contributed by atoms with Crippen molar-refractivity contribution >= 4 is 85.2 Å². The van der Waals surface area contributed by atoms with Crippen LogP contribution >= 0.6 is 45.3 Å². The Kier molecular flexibility index (Phi) is 6.75. The first-order valence-electron chi connectivity index (χ1n) is 15.2. The molecule has 4 nitrogen and oxygen atoms in total. The van der Waals surface area contributed by atoms with Crippen LogP contribution in [0.5, 0.6) is 0 Å². The third-order valence-corrected chi connectivity index (χ3v) is 15.2. The molecule has 4 aromatic heterocycles. The highest BCUT2D eigenvalue weighted by molar-refractivity contribution is 7.44. The van der Waals surface area contributed by atoms with Gasteiger partial charge in [0, 0.05) is 19.9 Å². The molecule has 0 unspecified atom stereocenters. The fourth-order valence-corrected chi connectivity index (χ4v) is 13.9. The van der Waals surface area contributed by atoms with Gasteiger partial charge in [-0.05, 0) is 96.9 Å². The zero-order valence-corrected chi connectivity index (χ0v) is 27.3. The Hall–Kier alpha value is -3.76. The average Bonchev–Trinajstić information content (AvgIpc) is 3.84. The van der Waals surface area contributed by atoms with Crippen LogP contribution in [0.1, 0.15) is 85.9 Å². The highest BCUT2D eigenvalue weighted by Crippen LogP contribution is 2.62. The molecule has 0 aromatic carbocycles. The number of fused-ring (bicyclic) bond motifs is 8. The summed E-state index contributed by atoms with van der Waals surface area (Å²) >= 11 is 7.73. The summed E-state index contributed by atoms with van der Waals surface area (Å²) in [6.45, 7) is 7.51. The highest BCUT2D eigenvalue weighted by Gasteiger charge is 2.46. The van der Waals surface area contributed by atoms with Gasteiger partial charge in [0.15, 0.2) is 0 Å². The van der Waals surface area contributed by atoms with E-state index in [2.05, 4.69) is 47.3 Å². The standard InChI is InChI=1S/C36H26N4S4/c1-40-26(19-39)22-9-6-8-21(14-22)25-15-28-30(36(25)11-3-2-4-12-36)32-34(42-28)35-33(44-32)31-29(43-35)16-27(41-31)23-10-5-7-20(13-23)24(17-37)18-38/h13-16H,2-12H2/b26-22+. The first kappa shape index (κ1) is 27.8. The summed E-state index contributed by atoms with van der Waals surface area (Å²) < 4.78 is 8.45. The molecule has 4 heterocycles. The second kappa shape index (κ2) is 10.7. The lowest BCUT2D eigenvalue weighted by atomic mass is 9.65. The summed E-state index contributed by atoms with van der Waals surface area (Å²) in [5.74, 6) is 0. The minimum absolute atomic E-state index is 0.0343. The average molecular weight is 643 g/mol. The zero-order valence-electron chi connectivity index (χ0n) is 24.0. The second-order valence-corrected chi connectivity index (χ2v) is 16.3. The lowest BCUT2D eigenvalue weighted by Crippen LogP contribution is -2.30. The first-order chi connectivity index (χ1) is 21.6. The third-order valence-electron chi connectivity index (χ3n) is 9.81. The van der Waals surface area contributed by atoms with Crippen molar-refractivity contribution in [3.8, 4) is 18.2 Å². The van der Waals surface area contributed by atoms with Crippen LogP contribution in [-0.2, 0) is 5.41 Å². The van der Waals surface area contributed by atoms with Gasteiger partial charge in [0.2, 0.25) is 0 Å². The molecule has 4 aliphatic carbocycles. The van der Waals surface area contributed by atoms with Crippen LogP contribution in [0.4, 0.5) is 0 Å². The summed E-state index contributed by atoms with van der Waals surface area (Å²) in [7, 11) is 0. The Labute approximate surface area is 272 Å². The van der Waals surface area contributed by atoms with Gasteiger partial charge in [-0.3, -0.25) is 0 Å². The SMILES string of the molecule is [C-]#[N+]/C(C#N)=C1/C=C(C2=Cc3sc4c(sc5c6sc(C7=CC(=C(C#N)C#N)CCC7)cc6sc45)c3C23CCCCC3)CCC1. The molecule has 8 heteroatoms. The molecule has 0 atom stereocenters. The van der Waals surface area contributed by atoms with Crippen LogP contribution < -0.4 is 0 Å². The van der Waals surface area contributed by atoms with Gasteiger partial charge in [0.1, 0.15) is 17.7 Å². The minimum atomic E-state index is 0.0343. The van der Waals surface area contributed by atoms with Gasteiger partial charge in [0.25, 0.3) is 5.70 Å². The Balaban J connectivity index is 1.25. The van der Waals surface area contributed by atoms with Crippen molar-refractivity contribution in [2.75, 3.05) is 0 Å². The third kappa shape index (κ3) is 4.06. The molecule has 4 aromatic rings. The molecule has 0 aliphatic heterocycles. The molecular formula is C36H26N4S4. The van der Waals surface area contributed by atoms with E-state index in [0.29, 0.717) is 0 Å². The van der Waals surface area contributed by atoms with E-state index in [1.807, 2.05) is 45.3 Å². The van der Waals surface area contributed by atoms with Gasteiger partial charge >= 0.3 is 0 Å². The van der Waals surface area contributed by atoms with E-state index in [0.717, 1.165) is 49.7 Å². The molecule has 1 spiro atoms. The summed E-state index contributed by atoms with van der Waals surface area (Å²) in [6.07, 6.45) is 18.4. The number of hydrogen-bond acceptors (Lipinski definition) is 7. The van der Waals surface area contributed by atoms with E-state index in [1.165, 1.54) is 86.8 Å². The number of thiophene rings is 4. The van der Waals surface area contributed by atoms with E-state index in [4.69, 9.17) is 6.57 Å². The molecule has 0 N–H and O–H groups in total. The van der Waals surface area contributed by atoms with Gasteiger partial charge in [-0.15, -0.1) is 45.3 Å². The van der Waals surface area contributed by atoms with E-state index < -0.39 is 0 Å². The zero-order chi connectivity index (χ0) is 30.0. The number of allylic oxidation sites excluding steroid dienone is 9. The van der Waals surface area contributed by atoms with Gasteiger partial charge in [-0.2, -0.15) is 10.5 Å². The molecule has 0 bridgehead atoms. The topological polar surface area (TPSA) is 75.7 Å². The summed E-state index contributed by atoms with van der Waals surface area (Å²) in [5, 5.41) is 28.4. The predicted octanol–water partition coefficient (Wildman–Crippen LogP) is 11.7. The van der Waals surface area contributed by atoms with Crippen molar-refractivity contribution in [1.29, 1.82) is 15.8 Å². The summed E-state index contributed by atoms with van der Waals surface area (Å²) in [5.41, 5.74) is 7.92. The Morgan fingerprint density at radius 2 is 1.41 bits per heavy atom.